The molecule has 1 saturated heterocycles. The normalized spacial score (nSPS) is 31.0. The fourth-order valence-electron chi connectivity index (χ4n) is 1.27. The van der Waals surface area contributed by atoms with Gasteiger partial charge in [0.25, 0.3) is 0 Å². The molecule has 0 bridgehead atoms. The predicted molar refractivity (Wildman–Crippen MR) is 45.9 cm³/mol. The van der Waals surface area contributed by atoms with Crippen molar-refractivity contribution in [2.24, 2.45) is 5.92 Å². The molecule has 0 aromatic carbocycles. The van der Waals surface area contributed by atoms with E-state index in [-0.39, 0.29) is 12.4 Å². The van der Waals surface area contributed by atoms with Gasteiger partial charge in [-0.3, -0.25) is 0 Å². The summed E-state index contributed by atoms with van der Waals surface area (Å²) < 4.78 is 16.1. The van der Waals surface area contributed by atoms with Gasteiger partial charge in [-0.15, -0.1) is 0 Å². The summed E-state index contributed by atoms with van der Waals surface area (Å²) in [6.07, 6.45) is 1.12. The summed E-state index contributed by atoms with van der Waals surface area (Å²) in [5, 5.41) is 0. The van der Waals surface area contributed by atoms with E-state index >= 15 is 0 Å². The second-order valence-electron chi connectivity index (χ2n) is 3.49. The van der Waals surface area contributed by atoms with Crippen molar-refractivity contribution in [2.75, 3.05) is 20.3 Å². The lowest BCUT2D eigenvalue weighted by Crippen LogP contribution is -2.37. The van der Waals surface area contributed by atoms with Gasteiger partial charge in [-0.25, -0.2) is 0 Å². The number of methoxy groups -OCH3 is 1. The predicted octanol–water partition coefficient (Wildman–Crippen LogP) is 1.42. The third kappa shape index (κ3) is 2.73. The minimum atomic E-state index is -0.0427. The molecule has 0 aromatic rings. The number of hydrogen-bond donors (Lipinski definition) is 0. The van der Waals surface area contributed by atoms with Crippen molar-refractivity contribution >= 4 is 0 Å². The maximum absolute atomic E-state index is 5.64. The summed E-state index contributed by atoms with van der Waals surface area (Å²) in [7, 11) is 1.70. The fraction of sp³-hybridized carbons (Fsp3) is 1.00. The zero-order chi connectivity index (χ0) is 8.97. The van der Waals surface area contributed by atoms with Crippen molar-refractivity contribution in [3.05, 3.63) is 0 Å². The molecule has 0 saturated carbocycles. The highest BCUT2D eigenvalue weighted by atomic mass is 16.7. The number of rotatable bonds is 3. The quantitative estimate of drug-likeness (QED) is 0.647. The SMILES string of the molecule is COC[C@@H]1CCO[C@H](C(C)C)O1. The highest BCUT2D eigenvalue weighted by molar-refractivity contribution is 4.65. The van der Waals surface area contributed by atoms with Crippen LogP contribution >= 0.6 is 0 Å². The average Bonchev–Trinajstić information content (AvgIpc) is 2.05. The third-order valence-electron chi connectivity index (χ3n) is 1.95. The Morgan fingerprint density at radius 1 is 1.50 bits per heavy atom. The Balaban J connectivity index is 2.30. The van der Waals surface area contributed by atoms with Crippen LogP contribution in [0, 0.1) is 5.92 Å². The minimum absolute atomic E-state index is 0.0427. The molecule has 1 rings (SSSR count). The highest BCUT2D eigenvalue weighted by Crippen LogP contribution is 2.18. The van der Waals surface area contributed by atoms with Crippen LogP contribution in [0.25, 0.3) is 0 Å². The van der Waals surface area contributed by atoms with E-state index in [4.69, 9.17) is 14.2 Å². The molecule has 1 aliphatic rings. The van der Waals surface area contributed by atoms with E-state index in [0.29, 0.717) is 12.5 Å². The first kappa shape index (κ1) is 9.96. The first-order chi connectivity index (χ1) is 5.74. The number of ether oxygens (including phenoxy) is 3. The highest BCUT2D eigenvalue weighted by Gasteiger charge is 2.24. The van der Waals surface area contributed by atoms with Gasteiger partial charge in [0.05, 0.1) is 19.3 Å². The van der Waals surface area contributed by atoms with Crippen LogP contribution in [0.5, 0.6) is 0 Å². The Morgan fingerprint density at radius 3 is 2.83 bits per heavy atom. The third-order valence-corrected chi connectivity index (χ3v) is 1.95. The van der Waals surface area contributed by atoms with E-state index in [2.05, 4.69) is 13.8 Å². The van der Waals surface area contributed by atoms with Crippen LogP contribution in [0.2, 0.25) is 0 Å². The van der Waals surface area contributed by atoms with Crippen molar-refractivity contribution in [3.63, 3.8) is 0 Å². The van der Waals surface area contributed by atoms with Gasteiger partial charge >= 0.3 is 0 Å². The van der Waals surface area contributed by atoms with Gasteiger partial charge in [0.15, 0.2) is 6.29 Å². The molecule has 3 nitrogen and oxygen atoms in total. The van der Waals surface area contributed by atoms with Gasteiger partial charge < -0.3 is 14.2 Å². The lowest BCUT2D eigenvalue weighted by atomic mass is 10.2. The minimum Gasteiger partial charge on any atom is -0.382 e. The molecule has 1 aliphatic heterocycles. The van der Waals surface area contributed by atoms with Crippen LogP contribution in [0.3, 0.4) is 0 Å². The maximum Gasteiger partial charge on any atom is 0.160 e. The average molecular weight is 174 g/mol. The van der Waals surface area contributed by atoms with Crippen LogP contribution in [0.15, 0.2) is 0 Å². The van der Waals surface area contributed by atoms with Crippen LogP contribution < -0.4 is 0 Å². The zero-order valence-corrected chi connectivity index (χ0v) is 8.08. The van der Waals surface area contributed by atoms with Crippen molar-refractivity contribution in [1.82, 2.24) is 0 Å². The molecule has 0 spiro atoms. The second-order valence-corrected chi connectivity index (χ2v) is 3.49. The van der Waals surface area contributed by atoms with Gasteiger partial charge in [0, 0.05) is 13.0 Å². The summed E-state index contributed by atoms with van der Waals surface area (Å²) in [6, 6.07) is 0. The maximum atomic E-state index is 5.64. The fourth-order valence-corrected chi connectivity index (χ4v) is 1.27. The van der Waals surface area contributed by atoms with Crippen molar-refractivity contribution in [3.8, 4) is 0 Å². The Hall–Kier alpha value is -0.120. The standard InChI is InChI=1S/C9H18O3/c1-7(2)9-11-5-4-8(12-9)6-10-3/h7-9H,4-6H2,1-3H3/t8-,9-/m0/s1. The number of hydrogen-bond acceptors (Lipinski definition) is 3. The first-order valence-corrected chi connectivity index (χ1v) is 4.50. The molecular formula is C9H18O3. The van der Waals surface area contributed by atoms with Crippen molar-refractivity contribution < 1.29 is 14.2 Å². The molecule has 0 N–H and O–H groups in total. The van der Waals surface area contributed by atoms with Crippen molar-refractivity contribution in [1.29, 1.82) is 0 Å². The van der Waals surface area contributed by atoms with Crippen molar-refractivity contribution in [2.45, 2.75) is 32.7 Å². The molecule has 0 amide bonds. The summed E-state index contributed by atoms with van der Waals surface area (Å²) >= 11 is 0. The van der Waals surface area contributed by atoms with E-state index in [1.54, 1.807) is 7.11 Å². The van der Waals surface area contributed by atoms with Gasteiger partial charge in [-0.2, -0.15) is 0 Å². The van der Waals surface area contributed by atoms with Gasteiger partial charge in [-0.1, -0.05) is 13.8 Å². The molecule has 72 valence electrons. The molecule has 1 heterocycles. The monoisotopic (exact) mass is 174 g/mol. The molecule has 0 radical (unpaired) electrons. The van der Waals surface area contributed by atoms with E-state index < -0.39 is 0 Å². The summed E-state index contributed by atoms with van der Waals surface area (Å²) in [6.45, 7) is 5.66. The van der Waals surface area contributed by atoms with Gasteiger partial charge in [0.1, 0.15) is 0 Å². The Kier molecular flexibility index (Phi) is 3.98. The molecule has 3 heteroatoms. The molecule has 12 heavy (non-hydrogen) atoms. The second kappa shape index (κ2) is 4.80. The van der Waals surface area contributed by atoms with E-state index in [0.717, 1.165) is 13.0 Å². The van der Waals surface area contributed by atoms with Gasteiger partial charge in [0.2, 0.25) is 0 Å². The molecule has 0 unspecified atom stereocenters. The van der Waals surface area contributed by atoms with E-state index in [1.165, 1.54) is 0 Å². The lowest BCUT2D eigenvalue weighted by molar-refractivity contribution is -0.238. The summed E-state index contributed by atoms with van der Waals surface area (Å²) in [5.41, 5.74) is 0. The summed E-state index contributed by atoms with van der Waals surface area (Å²) in [4.78, 5) is 0. The first-order valence-electron chi connectivity index (χ1n) is 4.50. The Morgan fingerprint density at radius 2 is 2.25 bits per heavy atom. The van der Waals surface area contributed by atoms with Crippen LogP contribution in [0.1, 0.15) is 20.3 Å². The molecule has 0 aromatic heterocycles. The van der Waals surface area contributed by atoms with E-state index in [9.17, 15) is 0 Å². The molecule has 1 fully saturated rings. The largest absolute Gasteiger partial charge is 0.382 e. The van der Waals surface area contributed by atoms with Crippen LogP contribution in [-0.4, -0.2) is 32.7 Å². The Bertz CT molecular complexity index is 123. The van der Waals surface area contributed by atoms with Crippen LogP contribution in [0.4, 0.5) is 0 Å². The Labute approximate surface area is 74.0 Å². The smallest absolute Gasteiger partial charge is 0.160 e. The zero-order valence-electron chi connectivity index (χ0n) is 8.08. The molecule has 0 aliphatic carbocycles. The topological polar surface area (TPSA) is 27.7 Å². The van der Waals surface area contributed by atoms with E-state index in [1.807, 2.05) is 0 Å². The van der Waals surface area contributed by atoms with Gasteiger partial charge in [-0.05, 0) is 6.42 Å². The van der Waals surface area contributed by atoms with Crippen LogP contribution in [-0.2, 0) is 14.2 Å². The molecule has 2 atom stereocenters. The lowest BCUT2D eigenvalue weighted by Gasteiger charge is -2.32. The molecular weight excluding hydrogens is 156 g/mol. The summed E-state index contributed by atoms with van der Waals surface area (Å²) in [5.74, 6) is 0.421.